The van der Waals surface area contributed by atoms with E-state index < -0.39 is 0 Å². The van der Waals surface area contributed by atoms with Gasteiger partial charge < -0.3 is 4.48 Å². The van der Waals surface area contributed by atoms with Crippen LogP contribution < -0.4 is 0 Å². The quantitative estimate of drug-likeness (QED) is 0.632. The van der Waals surface area contributed by atoms with Crippen molar-refractivity contribution in [2.75, 3.05) is 26.2 Å². The van der Waals surface area contributed by atoms with Crippen LogP contribution in [0.5, 0.6) is 0 Å². The minimum atomic E-state index is 0.736. The van der Waals surface area contributed by atoms with Gasteiger partial charge in [0.1, 0.15) is 6.04 Å². The molecule has 0 radical (unpaired) electrons. The van der Waals surface area contributed by atoms with E-state index in [1.807, 2.05) is 0 Å². The van der Waals surface area contributed by atoms with Crippen molar-refractivity contribution in [2.24, 2.45) is 0 Å². The lowest BCUT2D eigenvalue weighted by atomic mass is 10.1. The lowest BCUT2D eigenvalue weighted by Crippen LogP contribution is -2.66. The fourth-order valence-corrected chi connectivity index (χ4v) is 3.69. The number of nitrogens with zero attached hydrogens (tertiary/aromatic N) is 2. The number of quaternary nitrogens is 1. The highest BCUT2D eigenvalue weighted by atomic mass is 15.5. The zero-order valence-corrected chi connectivity index (χ0v) is 10.9. The molecule has 2 saturated heterocycles. The van der Waals surface area contributed by atoms with Crippen molar-refractivity contribution in [1.29, 1.82) is 0 Å². The Balaban J connectivity index is 2.10. The van der Waals surface area contributed by atoms with Gasteiger partial charge >= 0.3 is 0 Å². The van der Waals surface area contributed by atoms with E-state index in [4.69, 9.17) is 0 Å². The third kappa shape index (κ3) is 1.83. The monoisotopic (exact) mass is 211 g/mol. The molecule has 2 aliphatic rings. The molecule has 2 nitrogen and oxygen atoms in total. The van der Waals surface area contributed by atoms with Crippen molar-refractivity contribution in [3.8, 4) is 0 Å². The Labute approximate surface area is 94.8 Å². The fourth-order valence-electron chi connectivity index (χ4n) is 3.69. The Hall–Kier alpha value is -0.0800. The predicted molar refractivity (Wildman–Crippen MR) is 64.9 cm³/mol. The van der Waals surface area contributed by atoms with Gasteiger partial charge in [-0.05, 0) is 27.7 Å². The summed E-state index contributed by atoms with van der Waals surface area (Å²) in [6.45, 7) is 15.0. The first-order valence-corrected chi connectivity index (χ1v) is 6.67. The minimum absolute atomic E-state index is 0.736. The molecule has 88 valence electrons. The maximum absolute atomic E-state index is 2.68. The summed E-state index contributed by atoms with van der Waals surface area (Å²) in [5.74, 6) is 0. The minimum Gasteiger partial charge on any atom is -0.317 e. The molecular formula is C13H27N2+. The second-order valence-electron chi connectivity index (χ2n) is 6.03. The fraction of sp³-hybridized carbons (Fsp3) is 1.00. The average Bonchev–Trinajstić information content (AvgIpc) is 2.60. The van der Waals surface area contributed by atoms with Crippen LogP contribution in [0.3, 0.4) is 0 Å². The molecule has 15 heavy (non-hydrogen) atoms. The number of piperazine rings is 1. The largest absolute Gasteiger partial charge is 0.317 e. The second-order valence-corrected chi connectivity index (χ2v) is 6.03. The third-order valence-electron chi connectivity index (χ3n) is 4.85. The molecule has 2 heteroatoms. The summed E-state index contributed by atoms with van der Waals surface area (Å²) in [6.07, 6.45) is 2.91. The van der Waals surface area contributed by atoms with Gasteiger partial charge in [-0.2, -0.15) is 0 Å². The van der Waals surface area contributed by atoms with Crippen LogP contribution in [-0.2, 0) is 0 Å². The average molecular weight is 211 g/mol. The zero-order chi connectivity index (χ0) is 11.1. The van der Waals surface area contributed by atoms with Gasteiger partial charge in [-0.1, -0.05) is 0 Å². The van der Waals surface area contributed by atoms with E-state index in [-0.39, 0.29) is 0 Å². The molecule has 0 aromatic carbocycles. The highest BCUT2D eigenvalue weighted by molar-refractivity contribution is 4.80. The molecule has 2 atom stereocenters. The maximum atomic E-state index is 2.68. The Kier molecular flexibility index (Phi) is 3.09. The Morgan fingerprint density at radius 2 is 1.87 bits per heavy atom. The van der Waals surface area contributed by atoms with Gasteiger partial charge in [0.25, 0.3) is 0 Å². The summed E-state index contributed by atoms with van der Waals surface area (Å²) >= 11 is 0. The standard InChI is InChI=1S/C13H27N2/c1-11(2)14-7-9-15(12(3)4)8-5-6-13(15)10-14/h11-13H,5-10H2,1-4H3/q+1. The van der Waals surface area contributed by atoms with Gasteiger partial charge in [0.05, 0.1) is 25.7 Å². The molecule has 2 rings (SSSR count). The van der Waals surface area contributed by atoms with Gasteiger partial charge in [0, 0.05) is 25.4 Å². The molecule has 2 aliphatic heterocycles. The predicted octanol–water partition coefficient (Wildman–Crippen LogP) is 2.10. The Morgan fingerprint density at radius 1 is 1.13 bits per heavy atom. The van der Waals surface area contributed by atoms with Crippen LogP contribution in [0.4, 0.5) is 0 Å². The van der Waals surface area contributed by atoms with E-state index in [9.17, 15) is 0 Å². The Bertz CT molecular complexity index is 225. The lowest BCUT2D eigenvalue weighted by Gasteiger charge is -2.50. The summed E-state index contributed by atoms with van der Waals surface area (Å²) in [5.41, 5.74) is 0. The van der Waals surface area contributed by atoms with Gasteiger partial charge in [-0.3, -0.25) is 4.90 Å². The topological polar surface area (TPSA) is 3.24 Å². The number of fused-ring (bicyclic) bond motifs is 1. The molecule has 0 amide bonds. The van der Waals surface area contributed by atoms with E-state index in [0.29, 0.717) is 0 Å². The second kappa shape index (κ2) is 4.06. The van der Waals surface area contributed by atoms with Crippen LogP contribution in [0.25, 0.3) is 0 Å². The van der Waals surface area contributed by atoms with Gasteiger partial charge in [-0.25, -0.2) is 0 Å². The van der Waals surface area contributed by atoms with Crippen molar-refractivity contribution in [2.45, 2.75) is 58.7 Å². The van der Waals surface area contributed by atoms with E-state index >= 15 is 0 Å². The molecule has 0 bridgehead atoms. The molecular weight excluding hydrogens is 184 g/mol. The van der Waals surface area contributed by atoms with Gasteiger partial charge in [-0.15, -0.1) is 0 Å². The van der Waals surface area contributed by atoms with Crippen LogP contribution in [0, 0.1) is 0 Å². The molecule has 2 fully saturated rings. The summed E-state index contributed by atoms with van der Waals surface area (Å²) in [7, 11) is 0. The van der Waals surface area contributed by atoms with Crippen LogP contribution in [0.15, 0.2) is 0 Å². The summed E-state index contributed by atoms with van der Waals surface area (Å²) in [5, 5.41) is 0. The van der Waals surface area contributed by atoms with Crippen molar-refractivity contribution in [1.82, 2.24) is 4.90 Å². The normalized spacial score (nSPS) is 37.6. The van der Waals surface area contributed by atoms with E-state index in [1.54, 1.807) is 0 Å². The third-order valence-corrected chi connectivity index (χ3v) is 4.85. The van der Waals surface area contributed by atoms with Crippen molar-refractivity contribution in [3.05, 3.63) is 0 Å². The number of hydrogen-bond donors (Lipinski definition) is 0. The van der Waals surface area contributed by atoms with Crippen molar-refractivity contribution < 1.29 is 4.48 Å². The van der Waals surface area contributed by atoms with Gasteiger partial charge in [0.2, 0.25) is 0 Å². The molecule has 0 aromatic rings. The van der Waals surface area contributed by atoms with Crippen LogP contribution in [0.1, 0.15) is 40.5 Å². The summed E-state index contributed by atoms with van der Waals surface area (Å²) < 4.78 is 1.42. The van der Waals surface area contributed by atoms with Crippen LogP contribution >= 0.6 is 0 Å². The van der Waals surface area contributed by atoms with Crippen molar-refractivity contribution >= 4 is 0 Å². The highest BCUT2D eigenvalue weighted by Gasteiger charge is 2.47. The summed E-state index contributed by atoms with van der Waals surface area (Å²) in [4.78, 5) is 2.68. The number of hydrogen-bond acceptors (Lipinski definition) is 1. The lowest BCUT2D eigenvalue weighted by molar-refractivity contribution is -0.962. The first kappa shape index (κ1) is 11.4. The number of rotatable bonds is 2. The molecule has 2 unspecified atom stereocenters. The van der Waals surface area contributed by atoms with Gasteiger partial charge in [0.15, 0.2) is 0 Å². The SMILES string of the molecule is CC(C)N1CC[N+]2(C(C)C)CCCC2C1. The molecule has 0 saturated carbocycles. The van der Waals surface area contributed by atoms with E-state index in [0.717, 1.165) is 18.1 Å². The molecule has 0 spiro atoms. The molecule has 2 heterocycles. The first-order valence-electron chi connectivity index (χ1n) is 6.67. The smallest absolute Gasteiger partial charge is 0.102 e. The molecule has 0 aliphatic carbocycles. The highest BCUT2D eigenvalue weighted by Crippen LogP contribution is 2.34. The van der Waals surface area contributed by atoms with Crippen molar-refractivity contribution in [3.63, 3.8) is 0 Å². The molecule has 0 N–H and O–H groups in total. The molecule has 0 aromatic heterocycles. The Morgan fingerprint density at radius 3 is 2.47 bits per heavy atom. The van der Waals surface area contributed by atoms with Crippen LogP contribution in [0.2, 0.25) is 0 Å². The maximum Gasteiger partial charge on any atom is 0.102 e. The van der Waals surface area contributed by atoms with E-state index in [1.165, 1.54) is 43.5 Å². The van der Waals surface area contributed by atoms with Crippen LogP contribution in [-0.4, -0.2) is 53.7 Å². The van der Waals surface area contributed by atoms with E-state index in [2.05, 4.69) is 32.6 Å². The first-order chi connectivity index (χ1) is 7.06. The zero-order valence-electron chi connectivity index (χ0n) is 10.9. The summed E-state index contributed by atoms with van der Waals surface area (Å²) in [6, 6.07) is 2.49.